The van der Waals surface area contributed by atoms with Gasteiger partial charge in [0.15, 0.2) is 0 Å². The number of aryl methyl sites for hydroxylation is 1. The molecule has 1 aromatic heterocycles. The van der Waals surface area contributed by atoms with Crippen LogP contribution >= 0.6 is 0 Å². The van der Waals surface area contributed by atoms with E-state index in [2.05, 4.69) is 24.0 Å². The summed E-state index contributed by atoms with van der Waals surface area (Å²) < 4.78 is 16.4. The number of carbonyl (C=O) groups excluding carboxylic acids is 1. The molecule has 29 heavy (non-hydrogen) atoms. The second-order valence-corrected chi connectivity index (χ2v) is 7.27. The second-order valence-electron chi connectivity index (χ2n) is 7.27. The smallest absolute Gasteiger partial charge is 0.340 e. The summed E-state index contributed by atoms with van der Waals surface area (Å²) in [7, 11) is 1.30. The molecule has 0 aliphatic carbocycles. The average Bonchev–Trinajstić information content (AvgIpc) is 2.76. The third-order valence-electron chi connectivity index (χ3n) is 5.64. The molecule has 0 saturated heterocycles. The van der Waals surface area contributed by atoms with Gasteiger partial charge < -0.3 is 13.9 Å². The molecule has 3 aromatic rings. The largest absolute Gasteiger partial charge is 0.478 e. The van der Waals surface area contributed by atoms with Crippen molar-refractivity contribution in [1.29, 1.82) is 0 Å². The quantitative estimate of drug-likeness (QED) is 0.497. The Kier molecular flexibility index (Phi) is 5.11. The van der Waals surface area contributed by atoms with E-state index in [1.807, 2.05) is 37.3 Å². The van der Waals surface area contributed by atoms with Gasteiger partial charge in [-0.2, -0.15) is 0 Å². The average molecular weight is 393 g/mol. The zero-order chi connectivity index (χ0) is 20.5. The van der Waals surface area contributed by atoms with Gasteiger partial charge in [0.05, 0.1) is 24.7 Å². The molecule has 0 saturated carbocycles. The summed E-state index contributed by atoms with van der Waals surface area (Å²) >= 11 is 0. The lowest BCUT2D eigenvalue weighted by Crippen LogP contribution is -2.34. The molecule has 0 N–H and O–H groups in total. The molecule has 1 aliphatic heterocycles. The van der Waals surface area contributed by atoms with E-state index in [9.17, 15) is 9.59 Å². The Morgan fingerprint density at radius 3 is 2.69 bits per heavy atom. The predicted molar refractivity (Wildman–Crippen MR) is 109 cm³/mol. The maximum Gasteiger partial charge on any atom is 0.340 e. The van der Waals surface area contributed by atoms with Gasteiger partial charge in [0.1, 0.15) is 18.1 Å². The van der Waals surface area contributed by atoms with Gasteiger partial charge in [-0.3, -0.25) is 9.69 Å². The van der Waals surface area contributed by atoms with Crippen LogP contribution in [-0.4, -0.2) is 24.7 Å². The lowest BCUT2D eigenvalue weighted by molar-refractivity contribution is -0.139. The van der Waals surface area contributed by atoms with E-state index in [1.165, 1.54) is 12.7 Å². The summed E-state index contributed by atoms with van der Waals surface area (Å²) in [5.74, 6) is 0.251. The van der Waals surface area contributed by atoms with Crippen LogP contribution in [0.15, 0.2) is 51.7 Å². The van der Waals surface area contributed by atoms with Crippen LogP contribution in [0.25, 0.3) is 11.0 Å². The summed E-state index contributed by atoms with van der Waals surface area (Å²) in [6.45, 7) is 5.02. The molecule has 1 atom stereocenters. The number of hydrogen-bond acceptors (Lipinski definition) is 6. The van der Waals surface area contributed by atoms with E-state index in [0.717, 1.165) is 22.3 Å². The van der Waals surface area contributed by atoms with E-state index in [1.54, 1.807) is 0 Å². The first-order valence-electron chi connectivity index (χ1n) is 9.56. The van der Waals surface area contributed by atoms with E-state index in [4.69, 9.17) is 13.9 Å². The van der Waals surface area contributed by atoms with Gasteiger partial charge in [-0.05, 0) is 37.1 Å². The van der Waals surface area contributed by atoms with Gasteiger partial charge in [0.2, 0.25) is 0 Å². The van der Waals surface area contributed by atoms with Crippen molar-refractivity contribution in [3.8, 4) is 5.75 Å². The third kappa shape index (κ3) is 3.51. The Morgan fingerprint density at radius 2 is 1.97 bits per heavy atom. The fourth-order valence-electron chi connectivity index (χ4n) is 3.79. The van der Waals surface area contributed by atoms with Gasteiger partial charge >= 0.3 is 11.6 Å². The Bertz CT molecular complexity index is 1120. The normalized spacial score (nSPS) is 14.9. The van der Waals surface area contributed by atoms with Crippen molar-refractivity contribution in [1.82, 2.24) is 4.90 Å². The summed E-state index contributed by atoms with van der Waals surface area (Å²) in [6, 6.07) is 14.1. The van der Waals surface area contributed by atoms with Crippen molar-refractivity contribution in [3.05, 3.63) is 75.1 Å². The number of fused-ring (bicyclic) bond motifs is 3. The number of nitrogens with zero attached hydrogens (tertiary/aromatic N) is 1. The van der Waals surface area contributed by atoms with Crippen LogP contribution in [0.2, 0.25) is 0 Å². The zero-order valence-corrected chi connectivity index (χ0v) is 16.7. The minimum atomic E-state index is -0.512. The maximum atomic E-state index is 12.6. The number of benzene rings is 2. The third-order valence-corrected chi connectivity index (χ3v) is 5.64. The Morgan fingerprint density at radius 1 is 1.21 bits per heavy atom. The molecule has 0 bridgehead atoms. The molecule has 2 aromatic carbocycles. The highest BCUT2D eigenvalue weighted by Gasteiger charge is 2.27. The molecular formula is C23H23NO5. The number of carbonyl (C=O) groups is 1. The molecule has 0 unspecified atom stereocenters. The lowest BCUT2D eigenvalue weighted by atomic mass is 9.99. The molecule has 6 heteroatoms. The van der Waals surface area contributed by atoms with Gasteiger partial charge in [-0.1, -0.05) is 30.3 Å². The highest BCUT2D eigenvalue weighted by Crippen LogP contribution is 2.36. The van der Waals surface area contributed by atoms with Crippen LogP contribution in [0.5, 0.6) is 5.75 Å². The molecule has 0 amide bonds. The Balaban J connectivity index is 1.75. The van der Waals surface area contributed by atoms with Crippen molar-refractivity contribution in [3.63, 3.8) is 0 Å². The molecule has 0 radical (unpaired) electrons. The monoisotopic (exact) mass is 393 g/mol. The van der Waals surface area contributed by atoms with Crippen LogP contribution < -0.4 is 10.4 Å². The number of hydrogen-bond donors (Lipinski definition) is 0. The zero-order valence-electron chi connectivity index (χ0n) is 16.7. The Hall–Kier alpha value is -3.12. The van der Waals surface area contributed by atoms with Gasteiger partial charge in [-0.25, -0.2) is 4.79 Å². The summed E-state index contributed by atoms with van der Waals surface area (Å²) in [4.78, 5) is 26.5. The van der Waals surface area contributed by atoms with Crippen LogP contribution in [0.3, 0.4) is 0 Å². The molecule has 2 heterocycles. The van der Waals surface area contributed by atoms with Gasteiger partial charge in [-0.15, -0.1) is 0 Å². The molecule has 0 spiro atoms. The SMILES string of the molecule is COC(=O)Cc1c(C)c2ccc3c(c2oc1=O)CN([C@@H](C)c1ccccc1)CO3. The van der Waals surface area contributed by atoms with E-state index in [0.29, 0.717) is 24.4 Å². The minimum Gasteiger partial charge on any atom is -0.478 e. The number of rotatable bonds is 4. The highest BCUT2D eigenvalue weighted by molar-refractivity contribution is 5.87. The van der Waals surface area contributed by atoms with Crippen molar-refractivity contribution in [2.24, 2.45) is 0 Å². The Labute approximate surface area is 168 Å². The second kappa shape index (κ2) is 7.72. The first kappa shape index (κ1) is 19.2. The van der Waals surface area contributed by atoms with Gasteiger partial charge in [0, 0.05) is 18.0 Å². The fourth-order valence-corrected chi connectivity index (χ4v) is 3.79. The number of esters is 1. The summed E-state index contributed by atoms with van der Waals surface area (Å²) in [6.07, 6.45) is -0.106. The van der Waals surface area contributed by atoms with Crippen LogP contribution in [-0.2, 0) is 22.5 Å². The van der Waals surface area contributed by atoms with Crippen molar-refractivity contribution < 1.29 is 18.7 Å². The first-order valence-corrected chi connectivity index (χ1v) is 9.56. The topological polar surface area (TPSA) is 69.0 Å². The lowest BCUT2D eigenvalue weighted by Gasteiger charge is -2.34. The van der Waals surface area contributed by atoms with Crippen molar-refractivity contribution in [2.45, 2.75) is 32.9 Å². The van der Waals surface area contributed by atoms with Gasteiger partial charge in [0.25, 0.3) is 0 Å². The molecule has 6 nitrogen and oxygen atoms in total. The number of ether oxygens (including phenoxy) is 2. The molecule has 4 rings (SSSR count). The van der Waals surface area contributed by atoms with Crippen LogP contribution in [0.1, 0.15) is 35.2 Å². The van der Waals surface area contributed by atoms with E-state index >= 15 is 0 Å². The van der Waals surface area contributed by atoms with Crippen molar-refractivity contribution in [2.75, 3.05) is 13.8 Å². The summed E-state index contributed by atoms with van der Waals surface area (Å²) in [5, 5.41) is 0.806. The summed E-state index contributed by atoms with van der Waals surface area (Å²) in [5.41, 5.74) is 3.11. The predicted octanol–water partition coefficient (Wildman–Crippen LogP) is 3.73. The minimum absolute atomic E-state index is 0.106. The number of methoxy groups -OCH3 is 1. The molecule has 150 valence electrons. The van der Waals surface area contributed by atoms with E-state index < -0.39 is 11.6 Å². The molecular weight excluding hydrogens is 370 g/mol. The van der Waals surface area contributed by atoms with E-state index in [-0.39, 0.29) is 12.5 Å². The standard InChI is InChI=1S/C23H23NO5/c1-14-17-9-10-20-19(22(17)29-23(26)18(14)11-21(25)27-3)12-24(13-28-20)15(2)16-7-5-4-6-8-16/h4-10,15H,11-13H2,1-3H3/t15-/m0/s1. The first-order chi connectivity index (χ1) is 14.0. The molecule has 1 aliphatic rings. The van der Waals surface area contributed by atoms with Crippen molar-refractivity contribution >= 4 is 16.9 Å². The maximum absolute atomic E-state index is 12.6. The van der Waals surface area contributed by atoms with Crippen LogP contribution in [0.4, 0.5) is 0 Å². The molecule has 0 fully saturated rings. The highest BCUT2D eigenvalue weighted by atomic mass is 16.5. The van der Waals surface area contributed by atoms with Crippen LogP contribution in [0, 0.1) is 6.92 Å². The fraction of sp³-hybridized carbons (Fsp3) is 0.304.